The van der Waals surface area contributed by atoms with Gasteiger partial charge in [0.2, 0.25) is 5.09 Å². The van der Waals surface area contributed by atoms with E-state index in [-0.39, 0.29) is 24.0 Å². The number of hydrogen-bond donors (Lipinski definition) is 2. The third-order valence-corrected chi connectivity index (χ3v) is 3.13. The maximum atomic E-state index is 11.6. The molecule has 0 radical (unpaired) electrons. The molecule has 0 saturated carbocycles. The van der Waals surface area contributed by atoms with Crippen molar-refractivity contribution in [3.63, 3.8) is 0 Å². The van der Waals surface area contributed by atoms with Gasteiger partial charge in [-0.2, -0.15) is 0 Å². The summed E-state index contributed by atoms with van der Waals surface area (Å²) >= 11 is 0. The first-order chi connectivity index (χ1) is 7.60. The molecule has 0 aliphatic heterocycles. The van der Waals surface area contributed by atoms with Gasteiger partial charge in [0, 0.05) is 13.2 Å². The van der Waals surface area contributed by atoms with Crippen LogP contribution in [-0.2, 0) is 21.4 Å². The second-order valence-corrected chi connectivity index (χ2v) is 4.67. The zero-order chi connectivity index (χ0) is 12.0. The Morgan fingerprint density at radius 2 is 2.25 bits per heavy atom. The number of hydrogen-bond acceptors (Lipinski definition) is 5. The van der Waals surface area contributed by atoms with Crippen molar-refractivity contribution in [2.75, 3.05) is 19.8 Å². The fourth-order valence-electron chi connectivity index (χ4n) is 1.05. The molecular formula is C9H15NO5S. The van der Waals surface area contributed by atoms with Gasteiger partial charge in [-0.3, -0.25) is 0 Å². The molecule has 0 spiro atoms. The zero-order valence-electron chi connectivity index (χ0n) is 8.97. The van der Waals surface area contributed by atoms with Crippen molar-refractivity contribution in [1.29, 1.82) is 0 Å². The maximum absolute atomic E-state index is 11.6. The van der Waals surface area contributed by atoms with Gasteiger partial charge >= 0.3 is 0 Å². The van der Waals surface area contributed by atoms with Crippen LogP contribution < -0.4 is 4.72 Å². The highest BCUT2D eigenvalue weighted by atomic mass is 32.2. The van der Waals surface area contributed by atoms with Gasteiger partial charge in [0.25, 0.3) is 10.0 Å². The number of rotatable bonds is 7. The number of aliphatic hydroxyl groups excluding tert-OH is 1. The molecule has 0 aromatic carbocycles. The summed E-state index contributed by atoms with van der Waals surface area (Å²) in [6.07, 6.45) is 0. The van der Waals surface area contributed by atoms with Crippen LogP contribution in [0, 0.1) is 0 Å². The Morgan fingerprint density at radius 1 is 1.50 bits per heavy atom. The van der Waals surface area contributed by atoms with Crippen LogP contribution in [0.15, 0.2) is 21.6 Å². The van der Waals surface area contributed by atoms with Gasteiger partial charge in [0.05, 0.1) is 6.61 Å². The lowest BCUT2D eigenvalue weighted by Crippen LogP contribution is -2.27. The van der Waals surface area contributed by atoms with E-state index in [9.17, 15) is 8.42 Å². The van der Waals surface area contributed by atoms with E-state index in [2.05, 4.69) is 4.72 Å². The predicted molar refractivity (Wildman–Crippen MR) is 56.3 cm³/mol. The number of aliphatic hydroxyl groups is 1. The third-order valence-electron chi connectivity index (χ3n) is 1.80. The minimum Gasteiger partial charge on any atom is -0.446 e. The first kappa shape index (κ1) is 13.2. The fourth-order valence-corrected chi connectivity index (χ4v) is 2.01. The Labute approximate surface area is 94.3 Å². The summed E-state index contributed by atoms with van der Waals surface area (Å²) in [4.78, 5) is 0. The molecular weight excluding hydrogens is 234 g/mol. The molecule has 6 nitrogen and oxygen atoms in total. The molecule has 0 bridgehead atoms. The molecule has 0 aliphatic carbocycles. The molecule has 0 unspecified atom stereocenters. The summed E-state index contributed by atoms with van der Waals surface area (Å²) in [5.74, 6) is 0.213. The molecule has 2 N–H and O–H groups in total. The SMILES string of the molecule is CCOCCNS(=O)(=O)c1ccc(CO)o1. The van der Waals surface area contributed by atoms with E-state index in [1.807, 2.05) is 6.92 Å². The van der Waals surface area contributed by atoms with Crippen LogP contribution >= 0.6 is 0 Å². The van der Waals surface area contributed by atoms with Gasteiger partial charge in [-0.05, 0) is 19.1 Å². The Hall–Kier alpha value is -0.890. The van der Waals surface area contributed by atoms with Crippen molar-refractivity contribution in [1.82, 2.24) is 4.72 Å². The molecule has 92 valence electrons. The molecule has 1 aromatic heterocycles. The molecule has 1 heterocycles. The standard InChI is InChI=1S/C9H15NO5S/c1-2-14-6-5-10-16(12,13)9-4-3-8(7-11)15-9/h3-4,10-11H,2,5-7H2,1H3. The Morgan fingerprint density at radius 3 is 2.81 bits per heavy atom. The zero-order valence-corrected chi connectivity index (χ0v) is 9.79. The molecule has 1 rings (SSSR count). The van der Waals surface area contributed by atoms with Crippen molar-refractivity contribution in [2.24, 2.45) is 0 Å². The number of nitrogens with one attached hydrogen (secondary N) is 1. The normalized spacial score (nSPS) is 11.9. The second-order valence-electron chi connectivity index (χ2n) is 2.97. The topological polar surface area (TPSA) is 88.8 Å². The van der Waals surface area contributed by atoms with E-state index < -0.39 is 10.0 Å². The minimum absolute atomic E-state index is 0.186. The molecule has 0 saturated heterocycles. The van der Waals surface area contributed by atoms with Gasteiger partial charge in [0.15, 0.2) is 0 Å². The largest absolute Gasteiger partial charge is 0.446 e. The minimum atomic E-state index is -3.64. The third kappa shape index (κ3) is 3.60. The van der Waals surface area contributed by atoms with Crippen molar-refractivity contribution in [2.45, 2.75) is 18.6 Å². The fraction of sp³-hybridized carbons (Fsp3) is 0.556. The number of furan rings is 1. The van der Waals surface area contributed by atoms with Gasteiger partial charge in [-0.15, -0.1) is 0 Å². The van der Waals surface area contributed by atoms with Crippen LogP contribution in [0.5, 0.6) is 0 Å². The first-order valence-electron chi connectivity index (χ1n) is 4.87. The van der Waals surface area contributed by atoms with E-state index in [1.165, 1.54) is 12.1 Å². The summed E-state index contributed by atoms with van der Waals surface area (Å²) in [5, 5.41) is 8.53. The molecule has 0 aliphatic rings. The summed E-state index contributed by atoms with van der Waals surface area (Å²) in [7, 11) is -3.64. The van der Waals surface area contributed by atoms with E-state index in [0.29, 0.717) is 13.2 Å². The van der Waals surface area contributed by atoms with Crippen LogP contribution in [0.1, 0.15) is 12.7 Å². The van der Waals surface area contributed by atoms with E-state index >= 15 is 0 Å². The van der Waals surface area contributed by atoms with Crippen molar-refractivity contribution in [3.8, 4) is 0 Å². The Bertz CT molecular complexity index is 411. The summed E-state index contributed by atoms with van der Waals surface area (Å²) < 4.78 is 35.4. The average Bonchev–Trinajstić information content (AvgIpc) is 2.73. The predicted octanol–water partition coefficient (Wildman–Crippen LogP) is 0.0867. The highest BCUT2D eigenvalue weighted by molar-refractivity contribution is 7.89. The first-order valence-corrected chi connectivity index (χ1v) is 6.35. The van der Waals surface area contributed by atoms with Crippen LogP contribution in [-0.4, -0.2) is 33.3 Å². The lowest BCUT2D eigenvalue weighted by Gasteiger charge is -2.03. The number of ether oxygens (including phenoxy) is 1. The lowest BCUT2D eigenvalue weighted by molar-refractivity contribution is 0.153. The highest BCUT2D eigenvalue weighted by Crippen LogP contribution is 2.13. The summed E-state index contributed by atoms with van der Waals surface area (Å²) in [6, 6.07) is 2.71. The van der Waals surface area contributed by atoms with Gasteiger partial charge in [-0.25, -0.2) is 13.1 Å². The van der Waals surface area contributed by atoms with E-state index in [0.717, 1.165) is 0 Å². The van der Waals surface area contributed by atoms with Crippen LogP contribution in [0.4, 0.5) is 0 Å². The Kier molecular flexibility index (Phi) is 4.94. The summed E-state index contributed by atoms with van der Waals surface area (Å²) in [5.41, 5.74) is 0. The smallest absolute Gasteiger partial charge is 0.274 e. The molecule has 7 heteroatoms. The van der Waals surface area contributed by atoms with E-state index in [4.69, 9.17) is 14.3 Å². The van der Waals surface area contributed by atoms with Gasteiger partial charge in [0.1, 0.15) is 12.4 Å². The molecule has 16 heavy (non-hydrogen) atoms. The van der Waals surface area contributed by atoms with Crippen molar-refractivity contribution in [3.05, 3.63) is 17.9 Å². The average molecular weight is 249 g/mol. The van der Waals surface area contributed by atoms with Gasteiger partial charge < -0.3 is 14.3 Å². The molecule has 0 fully saturated rings. The maximum Gasteiger partial charge on any atom is 0.274 e. The monoisotopic (exact) mass is 249 g/mol. The van der Waals surface area contributed by atoms with Crippen LogP contribution in [0.25, 0.3) is 0 Å². The highest BCUT2D eigenvalue weighted by Gasteiger charge is 2.17. The van der Waals surface area contributed by atoms with Gasteiger partial charge in [-0.1, -0.05) is 0 Å². The molecule has 1 aromatic rings. The van der Waals surface area contributed by atoms with Crippen LogP contribution in [0.2, 0.25) is 0 Å². The van der Waals surface area contributed by atoms with E-state index in [1.54, 1.807) is 0 Å². The van der Waals surface area contributed by atoms with Crippen LogP contribution in [0.3, 0.4) is 0 Å². The molecule has 0 atom stereocenters. The lowest BCUT2D eigenvalue weighted by atomic mass is 10.5. The molecule has 0 amide bonds. The van der Waals surface area contributed by atoms with Crippen molar-refractivity contribution < 1.29 is 22.7 Å². The summed E-state index contributed by atoms with van der Waals surface area (Å²) in [6.45, 7) is 2.54. The van der Waals surface area contributed by atoms with Crippen molar-refractivity contribution >= 4 is 10.0 Å². The quantitative estimate of drug-likeness (QED) is 0.668. The second kappa shape index (κ2) is 6.00. The number of sulfonamides is 1. The Balaban J connectivity index is 2.56.